The Bertz CT molecular complexity index is 492. The topological polar surface area (TPSA) is 146 Å². The van der Waals surface area contributed by atoms with Crippen LogP contribution in [0.1, 0.15) is 0 Å². The molecule has 0 heterocycles. The minimum Gasteiger partial charge on any atom is -0.387 e. The van der Waals surface area contributed by atoms with Crippen LogP contribution in [0.15, 0.2) is 50.6 Å². The summed E-state index contributed by atoms with van der Waals surface area (Å²) >= 11 is 0. The SMILES string of the molecule is C=CC(=O)OC(O)(OC(=O)C=C)C(O)(OC(=O)C=C)OC(=O)C=C. The summed E-state index contributed by atoms with van der Waals surface area (Å²) in [6.45, 7) is 12.0. The third-order valence-corrected chi connectivity index (χ3v) is 2.02. The number of hydrogen-bond donors (Lipinski definition) is 2. The van der Waals surface area contributed by atoms with Gasteiger partial charge in [-0.05, 0) is 0 Å². The normalized spacial score (nSPS) is 10.6. The molecule has 10 heteroatoms. The molecule has 0 radical (unpaired) electrons. The molecule has 10 nitrogen and oxygen atoms in total. The molecule has 0 atom stereocenters. The Hall–Kier alpha value is -3.24. The molecule has 0 unspecified atom stereocenters. The second-order valence-electron chi connectivity index (χ2n) is 3.66. The molecule has 0 rings (SSSR count). The molecule has 0 saturated carbocycles. The maximum Gasteiger partial charge on any atom is 0.488 e. The van der Waals surface area contributed by atoms with Gasteiger partial charge in [0.15, 0.2) is 0 Å². The van der Waals surface area contributed by atoms with Gasteiger partial charge in [-0.1, -0.05) is 26.3 Å². The predicted molar refractivity (Wildman–Crippen MR) is 75.1 cm³/mol. The van der Waals surface area contributed by atoms with Crippen LogP contribution in [0.4, 0.5) is 0 Å². The van der Waals surface area contributed by atoms with E-state index in [1.54, 1.807) is 0 Å². The smallest absolute Gasteiger partial charge is 0.387 e. The van der Waals surface area contributed by atoms with E-state index in [0.29, 0.717) is 24.3 Å². The van der Waals surface area contributed by atoms with Crippen molar-refractivity contribution in [3.63, 3.8) is 0 Å². The molecule has 0 aromatic carbocycles. The zero-order chi connectivity index (χ0) is 19.0. The fraction of sp³-hybridized carbons (Fsp3) is 0.143. The molecule has 24 heavy (non-hydrogen) atoms. The Balaban J connectivity index is 6.08. The van der Waals surface area contributed by atoms with Crippen LogP contribution in [0.2, 0.25) is 0 Å². The highest BCUT2D eigenvalue weighted by Crippen LogP contribution is 2.30. The van der Waals surface area contributed by atoms with Crippen LogP contribution in [0.5, 0.6) is 0 Å². The summed E-state index contributed by atoms with van der Waals surface area (Å²) < 4.78 is 17.0. The maximum atomic E-state index is 11.3. The van der Waals surface area contributed by atoms with Crippen LogP contribution in [-0.2, 0) is 38.1 Å². The molecule has 0 bridgehead atoms. The predicted octanol–water partition coefficient (Wildman–Crippen LogP) is -0.805. The Morgan fingerprint density at radius 1 is 0.583 bits per heavy atom. The lowest BCUT2D eigenvalue weighted by Gasteiger charge is -2.36. The van der Waals surface area contributed by atoms with E-state index in [4.69, 9.17) is 0 Å². The number of esters is 4. The van der Waals surface area contributed by atoms with Crippen molar-refractivity contribution in [1.82, 2.24) is 0 Å². The summed E-state index contributed by atoms with van der Waals surface area (Å²) in [5, 5.41) is 20.3. The number of carbonyl (C=O) groups excluding carboxylic acids is 4. The number of ether oxygens (including phenoxy) is 4. The van der Waals surface area contributed by atoms with Crippen LogP contribution in [0, 0.1) is 0 Å². The van der Waals surface area contributed by atoms with Gasteiger partial charge < -0.3 is 29.2 Å². The van der Waals surface area contributed by atoms with Crippen molar-refractivity contribution >= 4 is 23.9 Å². The Kier molecular flexibility index (Phi) is 7.27. The first kappa shape index (κ1) is 20.8. The van der Waals surface area contributed by atoms with Gasteiger partial charge in [-0.15, -0.1) is 0 Å². The molecule has 0 aliphatic rings. The average Bonchev–Trinajstić information content (AvgIpc) is 2.53. The summed E-state index contributed by atoms with van der Waals surface area (Å²) in [6.07, 6.45) is 1.99. The fourth-order valence-corrected chi connectivity index (χ4v) is 1.01. The van der Waals surface area contributed by atoms with Gasteiger partial charge in [-0.2, -0.15) is 0 Å². The zero-order valence-corrected chi connectivity index (χ0v) is 12.3. The van der Waals surface area contributed by atoms with Crippen molar-refractivity contribution in [2.45, 2.75) is 11.9 Å². The first-order valence-corrected chi connectivity index (χ1v) is 5.93. The van der Waals surface area contributed by atoms with E-state index in [1.807, 2.05) is 0 Å². The van der Waals surface area contributed by atoms with E-state index in [-0.39, 0.29) is 0 Å². The van der Waals surface area contributed by atoms with Crippen molar-refractivity contribution < 1.29 is 48.3 Å². The molecule has 0 aliphatic heterocycles. The monoisotopic (exact) mass is 342 g/mol. The highest BCUT2D eigenvalue weighted by Gasteiger charge is 2.65. The Morgan fingerprint density at radius 2 is 0.750 bits per heavy atom. The van der Waals surface area contributed by atoms with Gasteiger partial charge in [0.05, 0.1) is 0 Å². The summed E-state index contributed by atoms with van der Waals surface area (Å²) in [6, 6.07) is 0. The van der Waals surface area contributed by atoms with Crippen molar-refractivity contribution in [1.29, 1.82) is 0 Å². The van der Waals surface area contributed by atoms with Crippen molar-refractivity contribution in [2.75, 3.05) is 0 Å². The average molecular weight is 342 g/mol. The van der Waals surface area contributed by atoms with Crippen LogP contribution >= 0.6 is 0 Å². The molecule has 0 saturated heterocycles. The van der Waals surface area contributed by atoms with E-state index in [0.717, 1.165) is 0 Å². The van der Waals surface area contributed by atoms with E-state index in [1.165, 1.54) is 0 Å². The fourth-order valence-electron chi connectivity index (χ4n) is 1.01. The van der Waals surface area contributed by atoms with E-state index < -0.39 is 35.8 Å². The highest BCUT2D eigenvalue weighted by molar-refractivity contribution is 5.85. The molecule has 0 amide bonds. The molecule has 0 aliphatic carbocycles. The zero-order valence-electron chi connectivity index (χ0n) is 12.3. The van der Waals surface area contributed by atoms with Gasteiger partial charge >= 0.3 is 35.8 Å². The highest BCUT2D eigenvalue weighted by atomic mass is 16.9. The van der Waals surface area contributed by atoms with Crippen molar-refractivity contribution in [2.24, 2.45) is 0 Å². The lowest BCUT2D eigenvalue weighted by atomic mass is 10.4. The number of rotatable bonds is 9. The summed E-state index contributed by atoms with van der Waals surface area (Å²) in [7, 11) is 0. The molecule has 0 spiro atoms. The minimum absolute atomic E-state index is 0.498. The van der Waals surface area contributed by atoms with Crippen LogP contribution < -0.4 is 0 Å². The van der Waals surface area contributed by atoms with Gasteiger partial charge in [-0.25, -0.2) is 19.2 Å². The van der Waals surface area contributed by atoms with E-state index in [9.17, 15) is 29.4 Å². The minimum atomic E-state index is -3.80. The van der Waals surface area contributed by atoms with Crippen LogP contribution in [-0.4, -0.2) is 46.0 Å². The van der Waals surface area contributed by atoms with Gasteiger partial charge in [0.1, 0.15) is 0 Å². The summed E-state index contributed by atoms with van der Waals surface area (Å²) in [5.41, 5.74) is 0. The third kappa shape index (κ3) is 5.19. The van der Waals surface area contributed by atoms with Crippen molar-refractivity contribution in [3.8, 4) is 0 Å². The lowest BCUT2D eigenvalue weighted by Crippen LogP contribution is -2.63. The van der Waals surface area contributed by atoms with Gasteiger partial charge in [0, 0.05) is 24.3 Å². The summed E-state index contributed by atoms with van der Waals surface area (Å²) in [5.74, 6) is -13.4. The quantitative estimate of drug-likeness (QED) is 0.310. The first-order chi connectivity index (χ1) is 11.1. The molecular weight excluding hydrogens is 328 g/mol. The van der Waals surface area contributed by atoms with Gasteiger partial charge in [0.2, 0.25) is 0 Å². The third-order valence-electron chi connectivity index (χ3n) is 2.02. The number of aliphatic hydroxyl groups is 2. The Labute approximate surface area is 135 Å². The van der Waals surface area contributed by atoms with Crippen LogP contribution in [0.3, 0.4) is 0 Å². The molecule has 130 valence electrons. The van der Waals surface area contributed by atoms with Crippen LogP contribution in [0.25, 0.3) is 0 Å². The number of carbonyl (C=O) groups is 4. The standard InChI is InChI=1S/C14H14O10/c1-5-9(15)21-13(19,22-10(16)6-2)14(20,23-11(17)7-3)24-12(18)8-4/h5-8,19-20H,1-4H2. The second kappa shape index (κ2) is 8.41. The lowest BCUT2D eigenvalue weighted by molar-refractivity contribution is -0.501. The molecule has 0 fully saturated rings. The Morgan fingerprint density at radius 3 is 0.875 bits per heavy atom. The summed E-state index contributed by atoms with van der Waals surface area (Å²) in [4.78, 5) is 45.2. The maximum absolute atomic E-state index is 11.3. The number of hydrogen-bond acceptors (Lipinski definition) is 10. The second-order valence-corrected chi connectivity index (χ2v) is 3.66. The first-order valence-electron chi connectivity index (χ1n) is 5.93. The van der Waals surface area contributed by atoms with Gasteiger partial charge in [-0.3, -0.25) is 0 Å². The molecule has 2 N–H and O–H groups in total. The molecular formula is C14H14O10. The molecule has 0 aromatic rings. The van der Waals surface area contributed by atoms with E-state index in [2.05, 4.69) is 45.3 Å². The van der Waals surface area contributed by atoms with E-state index >= 15 is 0 Å². The molecule has 0 aromatic heterocycles. The van der Waals surface area contributed by atoms with Crippen molar-refractivity contribution in [3.05, 3.63) is 50.6 Å². The van der Waals surface area contributed by atoms with Gasteiger partial charge in [0.25, 0.3) is 0 Å². The largest absolute Gasteiger partial charge is 0.488 e.